The van der Waals surface area contributed by atoms with Crippen LogP contribution in [0.5, 0.6) is 0 Å². The standard InChI is InChI=1S/C23H28F3N5O5S/c1-22(33,23(24,25)26)15-9-27-21(28-10-15)30-8-7-29(37(34,35)17-5-3-2-4-6-17)11-16(30)12-31-18-13-36-14-19(31)20(18)32/h2-6,9-10,16,18-20,32-33H,7-8,11-14H2,1H3/t16-,18?,19?,20?,22?/m1/s1. The highest BCUT2D eigenvalue weighted by Gasteiger charge is 2.53. The predicted molar refractivity (Wildman–Crippen MR) is 125 cm³/mol. The van der Waals surface area contributed by atoms with Crippen molar-refractivity contribution < 1.29 is 36.5 Å². The van der Waals surface area contributed by atoms with Gasteiger partial charge in [0, 0.05) is 44.1 Å². The Morgan fingerprint density at radius 1 is 1.08 bits per heavy atom. The van der Waals surface area contributed by atoms with Crippen LogP contribution in [0.15, 0.2) is 47.6 Å². The number of hydrogen-bond acceptors (Lipinski definition) is 9. The number of nitrogens with zero attached hydrogens (tertiary/aromatic N) is 5. The molecule has 3 aliphatic heterocycles. The molecule has 3 fully saturated rings. The summed E-state index contributed by atoms with van der Waals surface area (Å²) in [6.45, 7) is 2.14. The van der Waals surface area contributed by atoms with E-state index in [0.29, 0.717) is 26.7 Å². The number of alkyl halides is 3. The maximum Gasteiger partial charge on any atom is 0.421 e. The molecule has 10 nitrogen and oxygen atoms in total. The minimum Gasteiger partial charge on any atom is -0.390 e. The van der Waals surface area contributed by atoms with E-state index in [2.05, 4.69) is 14.9 Å². The molecule has 2 aromatic rings. The summed E-state index contributed by atoms with van der Waals surface area (Å²) in [6, 6.07) is 7.20. The molecule has 37 heavy (non-hydrogen) atoms. The topological polar surface area (TPSA) is 119 Å². The van der Waals surface area contributed by atoms with Crippen molar-refractivity contribution >= 4 is 16.0 Å². The van der Waals surface area contributed by atoms with Crippen LogP contribution < -0.4 is 4.90 Å². The molecule has 1 aromatic heterocycles. The highest BCUT2D eigenvalue weighted by Crippen LogP contribution is 2.38. The number of halogens is 3. The summed E-state index contributed by atoms with van der Waals surface area (Å²) >= 11 is 0. The molecule has 14 heteroatoms. The monoisotopic (exact) mass is 543 g/mol. The lowest BCUT2D eigenvalue weighted by molar-refractivity contribution is -0.259. The van der Waals surface area contributed by atoms with Crippen LogP contribution in [0.3, 0.4) is 0 Å². The van der Waals surface area contributed by atoms with E-state index in [9.17, 15) is 31.8 Å². The molecular weight excluding hydrogens is 515 g/mol. The molecule has 3 saturated heterocycles. The van der Waals surface area contributed by atoms with Gasteiger partial charge >= 0.3 is 6.18 Å². The first-order valence-electron chi connectivity index (χ1n) is 11.9. The molecule has 202 valence electrons. The molecule has 3 unspecified atom stereocenters. The third-order valence-electron chi connectivity index (χ3n) is 7.47. The highest BCUT2D eigenvalue weighted by molar-refractivity contribution is 7.89. The number of ether oxygens (including phenoxy) is 1. The maximum atomic E-state index is 13.3. The number of piperazine rings is 1. The SMILES string of the molecule is CC(O)(c1cnc(N2CCN(S(=O)(=O)c3ccccc3)C[C@@H]2CN2C3COCC2C3O)nc1)C(F)(F)F. The Labute approximate surface area is 212 Å². The smallest absolute Gasteiger partial charge is 0.390 e. The zero-order valence-corrected chi connectivity index (χ0v) is 20.8. The second kappa shape index (κ2) is 9.43. The largest absolute Gasteiger partial charge is 0.421 e. The van der Waals surface area contributed by atoms with E-state index in [0.717, 1.165) is 12.4 Å². The van der Waals surface area contributed by atoms with Crippen LogP contribution in [-0.2, 0) is 20.4 Å². The van der Waals surface area contributed by atoms with Crippen molar-refractivity contribution in [3.05, 3.63) is 48.3 Å². The number of fused-ring (bicyclic) bond motifs is 2. The Balaban J connectivity index is 1.41. The molecule has 2 N–H and O–H groups in total. The van der Waals surface area contributed by atoms with Gasteiger partial charge in [-0.3, -0.25) is 4.90 Å². The number of aliphatic hydroxyl groups is 2. The fourth-order valence-corrected chi connectivity index (χ4v) is 6.59. The zero-order chi connectivity index (χ0) is 26.6. The van der Waals surface area contributed by atoms with E-state index < -0.39 is 39.5 Å². The van der Waals surface area contributed by atoms with E-state index in [1.807, 2.05) is 0 Å². The van der Waals surface area contributed by atoms with E-state index in [4.69, 9.17) is 4.74 Å². The summed E-state index contributed by atoms with van der Waals surface area (Å²) in [5, 5.41) is 20.3. The average Bonchev–Trinajstić information content (AvgIpc) is 2.89. The normalized spacial score (nSPS) is 29.0. The fourth-order valence-electron chi connectivity index (χ4n) is 5.10. The second-order valence-corrected chi connectivity index (χ2v) is 11.7. The molecule has 0 aliphatic carbocycles. The Hall–Kier alpha value is -2.36. The minimum atomic E-state index is -4.91. The number of benzene rings is 1. The van der Waals surface area contributed by atoms with Crippen LogP contribution in [0.25, 0.3) is 0 Å². The number of rotatable bonds is 6. The summed E-state index contributed by atoms with van der Waals surface area (Å²) in [5.74, 6) is 0.131. The van der Waals surface area contributed by atoms with Gasteiger partial charge in [-0.1, -0.05) is 18.2 Å². The summed E-state index contributed by atoms with van der Waals surface area (Å²) in [7, 11) is -3.78. The molecule has 2 bridgehead atoms. The number of aromatic nitrogens is 2. The highest BCUT2D eigenvalue weighted by atomic mass is 32.2. The van der Waals surface area contributed by atoms with Crippen LogP contribution in [0.1, 0.15) is 12.5 Å². The van der Waals surface area contributed by atoms with Crippen molar-refractivity contribution in [2.45, 2.75) is 47.8 Å². The van der Waals surface area contributed by atoms with E-state index in [1.165, 1.54) is 16.4 Å². The molecule has 4 heterocycles. The molecule has 0 saturated carbocycles. The van der Waals surface area contributed by atoms with Gasteiger partial charge < -0.3 is 19.8 Å². The predicted octanol–water partition coefficient (Wildman–Crippen LogP) is 0.570. The number of sulfonamides is 1. The van der Waals surface area contributed by atoms with Crippen molar-refractivity contribution in [2.24, 2.45) is 0 Å². The Morgan fingerprint density at radius 3 is 2.27 bits per heavy atom. The van der Waals surface area contributed by atoms with Gasteiger partial charge in [-0.15, -0.1) is 0 Å². The van der Waals surface area contributed by atoms with Gasteiger partial charge in [0.15, 0.2) is 5.60 Å². The molecule has 4 atom stereocenters. The van der Waals surface area contributed by atoms with Crippen LogP contribution in [-0.4, -0.2) is 108 Å². The second-order valence-electron chi connectivity index (χ2n) is 9.72. The number of hydrogen-bond donors (Lipinski definition) is 2. The van der Waals surface area contributed by atoms with Gasteiger partial charge in [0.25, 0.3) is 0 Å². The van der Waals surface area contributed by atoms with Crippen molar-refractivity contribution in [2.75, 3.05) is 44.3 Å². The molecule has 5 rings (SSSR count). The van der Waals surface area contributed by atoms with Crippen LogP contribution in [0.2, 0.25) is 0 Å². The van der Waals surface area contributed by atoms with Gasteiger partial charge in [0.05, 0.1) is 42.3 Å². The van der Waals surface area contributed by atoms with Gasteiger partial charge in [0.2, 0.25) is 16.0 Å². The fraction of sp³-hybridized carbons (Fsp3) is 0.565. The molecule has 3 aliphatic rings. The van der Waals surface area contributed by atoms with Crippen LogP contribution in [0.4, 0.5) is 19.1 Å². The summed E-state index contributed by atoms with van der Waals surface area (Å²) in [5.41, 5.74) is -3.61. The Kier molecular flexibility index (Phi) is 6.69. The number of morpholine rings is 1. The molecule has 0 spiro atoms. The average molecular weight is 544 g/mol. The van der Waals surface area contributed by atoms with Gasteiger partial charge in [-0.25, -0.2) is 18.4 Å². The van der Waals surface area contributed by atoms with Crippen molar-refractivity contribution in [3.63, 3.8) is 0 Å². The third-order valence-corrected chi connectivity index (χ3v) is 9.35. The first-order chi connectivity index (χ1) is 17.4. The Morgan fingerprint density at radius 2 is 1.70 bits per heavy atom. The van der Waals surface area contributed by atoms with Gasteiger partial charge in [-0.05, 0) is 19.1 Å². The van der Waals surface area contributed by atoms with Crippen molar-refractivity contribution in [1.82, 2.24) is 19.2 Å². The number of aliphatic hydroxyl groups excluding tert-OH is 1. The van der Waals surface area contributed by atoms with Gasteiger partial charge in [-0.2, -0.15) is 17.5 Å². The third kappa shape index (κ3) is 4.59. The van der Waals surface area contributed by atoms with E-state index in [-0.39, 0.29) is 42.6 Å². The van der Waals surface area contributed by atoms with E-state index >= 15 is 0 Å². The lowest BCUT2D eigenvalue weighted by Crippen LogP contribution is -2.76. The van der Waals surface area contributed by atoms with Crippen molar-refractivity contribution in [1.29, 1.82) is 0 Å². The maximum absolute atomic E-state index is 13.3. The van der Waals surface area contributed by atoms with E-state index in [1.54, 1.807) is 23.1 Å². The zero-order valence-electron chi connectivity index (χ0n) is 20.0. The van der Waals surface area contributed by atoms with Crippen LogP contribution >= 0.6 is 0 Å². The lowest BCUT2D eigenvalue weighted by Gasteiger charge is -2.58. The molecule has 1 aromatic carbocycles. The summed E-state index contributed by atoms with van der Waals surface area (Å²) < 4.78 is 73.2. The Bertz CT molecular complexity index is 1200. The first kappa shape index (κ1) is 26.3. The first-order valence-corrected chi connectivity index (χ1v) is 13.3. The number of anilines is 1. The minimum absolute atomic E-state index is 0.0928. The summed E-state index contributed by atoms with van der Waals surface area (Å²) in [6.07, 6.45) is -3.56. The van der Waals surface area contributed by atoms with Crippen molar-refractivity contribution in [3.8, 4) is 0 Å². The molecule has 0 amide bonds. The molecule has 0 radical (unpaired) electrons. The quantitative estimate of drug-likeness (QED) is 0.539. The van der Waals surface area contributed by atoms with Crippen LogP contribution in [0, 0.1) is 0 Å². The lowest BCUT2D eigenvalue weighted by atomic mass is 9.87. The molecular formula is C23H28F3N5O5S. The summed E-state index contributed by atoms with van der Waals surface area (Å²) in [4.78, 5) is 12.2. The van der Waals surface area contributed by atoms with Gasteiger partial charge in [0.1, 0.15) is 0 Å².